The fourth-order valence-corrected chi connectivity index (χ4v) is 3.50. The van der Waals surface area contributed by atoms with E-state index in [1.165, 1.54) is 0 Å². The normalized spacial score (nSPS) is 11.0. The molecule has 0 atom stereocenters. The number of nitrogens with zero attached hydrogens (tertiary/aromatic N) is 2. The van der Waals surface area contributed by atoms with Gasteiger partial charge in [0.2, 0.25) is 0 Å². The van der Waals surface area contributed by atoms with Crippen LogP contribution in [0.2, 0.25) is 0 Å². The molecule has 1 heterocycles. The van der Waals surface area contributed by atoms with Crippen molar-refractivity contribution in [2.45, 2.75) is 31.8 Å². The highest BCUT2D eigenvalue weighted by atomic mass is 32.2. The number of aryl methyl sites for hydroxylation is 1. The van der Waals surface area contributed by atoms with E-state index >= 15 is 0 Å². The number of benzene rings is 2. The molecule has 4 heteroatoms. The lowest BCUT2D eigenvalue weighted by atomic mass is 10.1. The van der Waals surface area contributed by atoms with Crippen molar-refractivity contribution in [2.75, 3.05) is 5.75 Å². The molecule has 0 fully saturated rings. The number of aromatic nitrogens is 2. The van der Waals surface area contributed by atoms with Crippen molar-refractivity contribution in [3.63, 3.8) is 0 Å². The van der Waals surface area contributed by atoms with Gasteiger partial charge >= 0.3 is 0 Å². The SMILES string of the molecule is CCCSc1nc2ccccc2c(=O)n1-c1ccccc1CC. The standard InChI is InChI=1S/C19H20N2OS/c1-3-13-23-19-20-16-11-7-6-10-15(16)18(22)21(19)17-12-8-5-9-14(17)4-2/h5-12H,3-4,13H2,1-2H3. The minimum absolute atomic E-state index is 0.00935. The van der Waals surface area contributed by atoms with E-state index in [2.05, 4.69) is 19.9 Å². The van der Waals surface area contributed by atoms with Crippen LogP contribution in [0.5, 0.6) is 0 Å². The molecule has 0 spiro atoms. The van der Waals surface area contributed by atoms with Gasteiger partial charge in [0.15, 0.2) is 5.16 Å². The summed E-state index contributed by atoms with van der Waals surface area (Å²) < 4.78 is 1.78. The molecular formula is C19H20N2OS. The molecule has 23 heavy (non-hydrogen) atoms. The molecule has 0 saturated carbocycles. The van der Waals surface area contributed by atoms with Gasteiger partial charge in [-0.25, -0.2) is 4.98 Å². The van der Waals surface area contributed by atoms with E-state index in [0.29, 0.717) is 5.39 Å². The molecule has 3 rings (SSSR count). The van der Waals surface area contributed by atoms with Crippen LogP contribution >= 0.6 is 11.8 Å². The largest absolute Gasteiger partial charge is 0.268 e. The number of hydrogen-bond donors (Lipinski definition) is 0. The van der Waals surface area contributed by atoms with Gasteiger partial charge in [-0.3, -0.25) is 9.36 Å². The monoisotopic (exact) mass is 324 g/mol. The highest BCUT2D eigenvalue weighted by Gasteiger charge is 2.14. The van der Waals surface area contributed by atoms with Crippen molar-refractivity contribution in [3.05, 3.63) is 64.4 Å². The van der Waals surface area contributed by atoms with Gasteiger partial charge in [-0.1, -0.05) is 55.9 Å². The Kier molecular flexibility index (Phi) is 4.82. The average molecular weight is 324 g/mol. The van der Waals surface area contributed by atoms with Crippen LogP contribution in [0.25, 0.3) is 16.6 Å². The summed E-state index contributed by atoms with van der Waals surface area (Å²) in [6.07, 6.45) is 1.93. The molecule has 0 aliphatic rings. The second-order valence-electron chi connectivity index (χ2n) is 5.38. The van der Waals surface area contributed by atoms with E-state index in [-0.39, 0.29) is 5.56 Å². The van der Waals surface area contributed by atoms with Crippen LogP contribution in [-0.4, -0.2) is 15.3 Å². The Hall–Kier alpha value is -2.07. The van der Waals surface area contributed by atoms with Gasteiger partial charge in [0.05, 0.1) is 16.6 Å². The number of hydrogen-bond acceptors (Lipinski definition) is 3. The first kappa shape index (κ1) is 15.8. The fraction of sp³-hybridized carbons (Fsp3) is 0.263. The van der Waals surface area contributed by atoms with Crippen LogP contribution in [0.1, 0.15) is 25.8 Å². The van der Waals surface area contributed by atoms with E-state index in [0.717, 1.165) is 40.5 Å². The number of thioether (sulfide) groups is 1. The van der Waals surface area contributed by atoms with Gasteiger partial charge < -0.3 is 0 Å². The lowest BCUT2D eigenvalue weighted by molar-refractivity contribution is 0.807. The van der Waals surface area contributed by atoms with E-state index in [1.807, 2.05) is 42.5 Å². The maximum atomic E-state index is 13.1. The lowest BCUT2D eigenvalue weighted by Gasteiger charge is -2.15. The smallest absolute Gasteiger partial charge is 0.266 e. The quantitative estimate of drug-likeness (QED) is 0.514. The summed E-state index contributed by atoms with van der Waals surface area (Å²) in [6.45, 7) is 4.24. The zero-order valence-electron chi connectivity index (χ0n) is 13.5. The van der Waals surface area contributed by atoms with Crippen molar-refractivity contribution in [1.29, 1.82) is 0 Å². The third-order valence-electron chi connectivity index (χ3n) is 3.79. The molecule has 0 N–H and O–H groups in total. The highest BCUT2D eigenvalue weighted by molar-refractivity contribution is 7.99. The third-order valence-corrected chi connectivity index (χ3v) is 4.94. The Bertz CT molecular complexity index is 886. The molecule has 0 amide bonds. The predicted molar refractivity (Wildman–Crippen MR) is 97.7 cm³/mol. The van der Waals surface area contributed by atoms with Crippen LogP contribution in [-0.2, 0) is 6.42 Å². The fourth-order valence-electron chi connectivity index (χ4n) is 2.64. The van der Waals surface area contributed by atoms with Crippen molar-refractivity contribution in [2.24, 2.45) is 0 Å². The van der Waals surface area contributed by atoms with Crippen molar-refractivity contribution >= 4 is 22.7 Å². The molecule has 0 bridgehead atoms. The summed E-state index contributed by atoms with van der Waals surface area (Å²) in [5.41, 5.74) is 2.87. The van der Waals surface area contributed by atoms with E-state index in [9.17, 15) is 4.79 Å². The first-order chi connectivity index (χ1) is 11.3. The maximum absolute atomic E-state index is 13.1. The second kappa shape index (κ2) is 7.01. The predicted octanol–water partition coefficient (Wildman–Crippen LogP) is 4.45. The second-order valence-corrected chi connectivity index (χ2v) is 6.44. The summed E-state index contributed by atoms with van der Waals surface area (Å²) in [6, 6.07) is 15.6. The molecule has 0 aliphatic heterocycles. The van der Waals surface area contributed by atoms with Gasteiger partial charge in [-0.05, 0) is 36.6 Å². The van der Waals surface area contributed by atoms with Crippen molar-refractivity contribution in [1.82, 2.24) is 9.55 Å². The molecule has 2 aromatic carbocycles. The van der Waals surface area contributed by atoms with E-state index in [1.54, 1.807) is 16.3 Å². The zero-order chi connectivity index (χ0) is 16.2. The van der Waals surface area contributed by atoms with Crippen LogP contribution in [0.15, 0.2) is 58.5 Å². The minimum Gasteiger partial charge on any atom is -0.268 e. The Morgan fingerprint density at radius 2 is 1.78 bits per heavy atom. The summed E-state index contributed by atoms with van der Waals surface area (Å²) >= 11 is 1.64. The molecule has 0 radical (unpaired) electrons. The number of fused-ring (bicyclic) bond motifs is 1. The van der Waals surface area contributed by atoms with Crippen LogP contribution in [0, 0.1) is 0 Å². The Morgan fingerprint density at radius 1 is 1.04 bits per heavy atom. The van der Waals surface area contributed by atoms with Crippen LogP contribution in [0.3, 0.4) is 0 Å². The van der Waals surface area contributed by atoms with Crippen LogP contribution in [0.4, 0.5) is 0 Å². The van der Waals surface area contributed by atoms with Gasteiger partial charge in [0.25, 0.3) is 5.56 Å². The molecule has 1 aromatic heterocycles. The Morgan fingerprint density at radius 3 is 2.57 bits per heavy atom. The summed E-state index contributed by atoms with van der Waals surface area (Å²) in [5, 5.41) is 1.44. The van der Waals surface area contributed by atoms with Gasteiger partial charge in [0.1, 0.15) is 0 Å². The highest BCUT2D eigenvalue weighted by Crippen LogP contribution is 2.23. The van der Waals surface area contributed by atoms with Gasteiger partial charge in [-0.2, -0.15) is 0 Å². The first-order valence-electron chi connectivity index (χ1n) is 7.99. The Labute approximate surface area is 140 Å². The minimum atomic E-state index is 0.00935. The molecule has 0 aliphatic carbocycles. The summed E-state index contributed by atoms with van der Waals surface area (Å²) in [4.78, 5) is 17.8. The van der Waals surface area contributed by atoms with E-state index < -0.39 is 0 Å². The molecule has 3 nitrogen and oxygen atoms in total. The molecule has 118 valence electrons. The topological polar surface area (TPSA) is 34.9 Å². The van der Waals surface area contributed by atoms with Crippen molar-refractivity contribution in [3.8, 4) is 5.69 Å². The summed E-state index contributed by atoms with van der Waals surface area (Å²) in [7, 11) is 0. The first-order valence-corrected chi connectivity index (χ1v) is 8.97. The van der Waals surface area contributed by atoms with Crippen LogP contribution < -0.4 is 5.56 Å². The molecule has 0 unspecified atom stereocenters. The molecule has 3 aromatic rings. The maximum Gasteiger partial charge on any atom is 0.266 e. The lowest BCUT2D eigenvalue weighted by Crippen LogP contribution is -2.22. The van der Waals surface area contributed by atoms with E-state index in [4.69, 9.17) is 4.98 Å². The third kappa shape index (κ3) is 3.04. The van der Waals surface area contributed by atoms with Gasteiger partial charge in [0, 0.05) is 5.75 Å². The van der Waals surface area contributed by atoms with Crippen molar-refractivity contribution < 1.29 is 0 Å². The Balaban J connectivity index is 2.32. The average Bonchev–Trinajstić information content (AvgIpc) is 2.60. The zero-order valence-corrected chi connectivity index (χ0v) is 14.3. The molecular weight excluding hydrogens is 304 g/mol. The van der Waals surface area contributed by atoms with Gasteiger partial charge in [-0.15, -0.1) is 0 Å². The number of para-hydroxylation sites is 2. The summed E-state index contributed by atoms with van der Waals surface area (Å²) in [5.74, 6) is 0.944. The molecule has 0 saturated heterocycles. The number of rotatable bonds is 5.